The van der Waals surface area contributed by atoms with Gasteiger partial charge in [-0.25, -0.2) is 4.98 Å². The molecule has 0 aliphatic carbocycles. The number of aromatic nitrogens is 2. The molecule has 2 aromatic carbocycles. The number of aryl methyl sites for hydroxylation is 2. The maximum Gasteiger partial charge on any atom is 0.295 e. The van der Waals surface area contributed by atoms with Crippen LogP contribution < -0.4 is 5.32 Å². The minimum atomic E-state index is -0.556. The number of amides is 1. The molecular weight excluding hydrogens is 367 g/mol. The third-order valence-corrected chi connectivity index (χ3v) is 4.23. The predicted octanol–water partition coefficient (Wildman–Crippen LogP) is 4.35. The van der Waals surface area contributed by atoms with Crippen molar-refractivity contribution in [3.63, 3.8) is 0 Å². The topological polar surface area (TPSA) is 90.1 Å². The number of fused-ring (bicyclic) bond motifs is 1. The molecule has 0 atom stereocenters. The van der Waals surface area contributed by atoms with Crippen molar-refractivity contribution in [3.05, 3.63) is 61.9 Å². The number of nitrogens with zero attached hydrogens (tertiary/aromatic N) is 3. The molecule has 0 unspecified atom stereocenters. The summed E-state index contributed by atoms with van der Waals surface area (Å²) in [6.45, 7) is 1.79. The number of nitro benzene ring substituents is 1. The molecule has 0 saturated carbocycles. The molecule has 1 aromatic heterocycles. The first-order valence-corrected chi connectivity index (χ1v) is 7.91. The Kier molecular flexibility index (Phi) is 4.36. The molecule has 7 nitrogen and oxygen atoms in total. The Balaban J connectivity index is 2.06. The summed E-state index contributed by atoms with van der Waals surface area (Å²) in [5.41, 5.74) is 1.18. The number of anilines is 1. The van der Waals surface area contributed by atoms with E-state index < -0.39 is 10.8 Å². The van der Waals surface area contributed by atoms with Gasteiger partial charge in [-0.15, -0.1) is 0 Å². The average molecular weight is 379 g/mol. The summed E-state index contributed by atoms with van der Waals surface area (Å²) >= 11 is 11.8. The number of hydrogen-bond acceptors (Lipinski definition) is 4. The Hall–Kier alpha value is -2.64. The molecule has 0 radical (unpaired) electrons. The van der Waals surface area contributed by atoms with Gasteiger partial charge in [0.15, 0.2) is 0 Å². The van der Waals surface area contributed by atoms with Crippen LogP contribution in [0.25, 0.3) is 11.0 Å². The van der Waals surface area contributed by atoms with Crippen LogP contribution in [0.15, 0.2) is 30.3 Å². The second-order valence-corrected chi connectivity index (χ2v) is 6.32. The predicted molar refractivity (Wildman–Crippen MR) is 96.5 cm³/mol. The highest BCUT2D eigenvalue weighted by Crippen LogP contribution is 2.31. The standard InChI is InChI=1S/C16H12Cl2N4O3/c1-8-19-12-6-13(15(22(24)25)7-14(12)21(8)2)20-16(23)9-3-10(17)5-11(18)4-9/h3-7H,1-2H3,(H,20,23). The van der Waals surface area contributed by atoms with Crippen LogP contribution in [0.5, 0.6) is 0 Å². The van der Waals surface area contributed by atoms with Gasteiger partial charge >= 0.3 is 0 Å². The largest absolute Gasteiger partial charge is 0.331 e. The highest BCUT2D eigenvalue weighted by molar-refractivity contribution is 6.35. The second kappa shape index (κ2) is 6.34. The highest BCUT2D eigenvalue weighted by Gasteiger charge is 2.20. The fourth-order valence-corrected chi connectivity index (χ4v) is 3.00. The molecule has 0 aliphatic heterocycles. The van der Waals surface area contributed by atoms with Gasteiger partial charge in [0.25, 0.3) is 11.6 Å². The van der Waals surface area contributed by atoms with Crippen molar-refractivity contribution < 1.29 is 9.72 Å². The van der Waals surface area contributed by atoms with Crippen LogP contribution in [0.4, 0.5) is 11.4 Å². The molecule has 0 bridgehead atoms. The third-order valence-electron chi connectivity index (χ3n) is 3.79. The van der Waals surface area contributed by atoms with Crippen LogP contribution >= 0.6 is 23.2 Å². The number of hydrogen-bond donors (Lipinski definition) is 1. The van der Waals surface area contributed by atoms with Crippen molar-refractivity contribution in [2.75, 3.05) is 5.32 Å². The number of nitrogens with one attached hydrogen (secondary N) is 1. The van der Waals surface area contributed by atoms with Crippen LogP contribution in [0.2, 0.25) is 10.0 Å². The number of benzene rings is 2. The zero-order valence-electron chi connectivity index (χ0n) is 13.2. The van der Waals surface area contributed by atoms with Crippen LogP contribution in [0.3, 0.4) is 0 Å². The molecule has 0 spiro atoms. The molecule has 1 heterocycles. The van der Waals surface area contributed by atoms with E-state index in [1.54, 1.807) is 18.5 Å². The summed E-state index contributed by atoms with van der Waals surface area (Å²) in [6, 6.07) is 7.21. The fourth-order valence-electron chi connectivity index (χ4n) is 2.48. The second-order valence-electron chi connectivity index (χ2n) is 5.45. The van der Waals surface area contributed by atoms with Gasteiger partial charge in [-0.2, -0.15) is 0 Å². The Morgan fingerprint density at radius 1 is 1.20 bits per heavy atom. The number of nitro groups is 1. The molecule has 25 heavy (non-hydrogen) atoms. The zero-order chi connectivity index (χ0) is 18.3. The van der Waals surface area contributed by atoms with Gasteiger partial charge in [0, 0.05) is 28.7 Å². The molecule has 3 aromatic rings. The summed E-state index contributed by atoms with van der Waals surface area (Å²) < 4.78 is 1.74. The fraction of sp³-hybridized carbons (Fsp3) is 0.125. The monoisotopic (exact) mass is 378 g/mol. The quantitative estimate of drug-likeness (QED) is 0.541. The zero-order valence-corrected chi connectivity index (χ0v) is 14.7. The summed E-state index contributed by atoms with van der Waals surface area (Å²) in [5.74, 6) is 0.147. The minimum absolute atomic E-state index is 0.0525. The van der Waals surface area contributed by atoms with E-state index in [0.717, 1.165) is 0 Å². The number of imidazole rings is 1. The minimum Gasteiger partial charge on any atom is -0.331 e. The van der Waals surface area contributed by atoms with Crippen molar-refractivity contribution in [1.29, 1.82) is 0 Å². The molecule has 1 N–H and O–H groups in total. The van der Waals surface area contributed by atoms with Crippen LogP contribution in [0, 0.1) is 17.0 Å². The molecule has 0 saturated heterocycles. The van der Waals surface area contributed by atoms with E-state index in [-0.39, 0.29) is 16.9 Å². The number of carbonyl (C=O) groups is 1. The normalized spacial score (nSPS) is 10.9. The lowest BCUT2D eigenvalue weighted by Crippen LogP contribution is -2.13. The van der Waals surface area contributed by atoms with Gasteiger partial charge in [0.2, 0.25) is 0 Å². The van der Waals surface area contributed by atoms with Crippen molar-refractivity contribution in [2.45, 2.75) is 6.92 Å². The number of halogens is 2. The van der Waals surface area contributed by atoms with Gasteiger partial charge < -0.3 is 9.88 Å². The van der Waals surface area contributed by atoms with Crippen molar-refractivity contribution >= 4 is 51.5 Å². The summed E-state index contributed by atoms with van der Waals surface area (Å²) in [4.78, 5) is 27.6. The summed E-state index contributed by atoms with van der Waals surface area (Å²) in [5, 5.41) is 14.5. The lowest BCUT2D eigenvalue weighted by atomic mass is 10.2. The van der Waals surface area contributed by atoms with Crippen molar-refractivity contribution in [2.24, 2.45) is 7.05 Å². The average Bonchev–Trinajstić information content (AvgIpc) is 2.79. The summed E-state index contributed by atoms with van der Waals surface area (Å²) in [6.07, 6.45) is 0. The van der Waals surface area contributed by atoms with E-state index in [9.17, 15) is 14.9 Å². The van der Waals surface area contributed by atoms with Crippen LogP contribution in [0.1, 0.15) is 16.2 Å². The Morgan fingerprint density at radius 2 is 1.84 bits per heavy atom. The molecule has 128 valence electrons. The van der Waals surface area contributed by atoms with E-state index >= 15 is 0 Å². The van der Waals surface area contributed by atoms with E-state index in [1.807, 2.05) is 0 Å². The van der Waals surface area contributed by atoms with E-state index in [4.69, 9.17) is 23.2 Å². The molecule has 9 heteroatoms. The number of carbonyl (C=O) groups excluding carboxylic acids is 1. The molecular formula is C16H12Cl2N4O3. The van der Waals surface area contributed by atoms with Gasteiger partial charge in [-0.1, -0.05) is 23.2 Å². The summed E-state index contributed by atoms with van der Waals surface area (Å²) in [7, 11) is 1.76. The first kappa shape index (κ1) is 17.2. The van der Waals surface area contributed by atoms with Gasteiger partial charge in [0.05, 0.1) is 16.0 Å². The first-order chi connectivity index (χ1) is 11.8. The molecule has 1 amide bonds. The smallest absolute Gasteiger partial charge is 0.295 e. The SMILES string of the molecule is Cc1nc2cc(NC(=O)c3cc(Cl)cc(Cl)c3)c([N+](=O)[O-])cc2n1C. The van der Waals surface area contributed by atoms with E-state index in [0.29, 0.717) is 26.9 Å². The number of rotatable bonds is 3. The lowest BCUT2D eigenvalue weighted by Gasteiger charge is -2.07. The third kappa shape index (κ3) is 3.29. The van der Waals surface area contributed by atoms with Crippen molar-refractivity contribution in [3.8, 4) is 0 Å². The van der Waals surface area contributed by atoms with Gasteiger partial charge in [-0.3, -0.25) is 14.9 Å². The molecule has 0 fully saturated rings. The van der Waals surface area contributed by atoms with Gasteiger partial charge in [-0.05, 0) is 31.2 Å². The molecule has 3 rings (SSSR count). The first-order valence-electron chi connectivity index (χ1n) is 7.15. The van der Waals surface area contributed by atoms with E-state index in [2.05, 4.69) is 10.3 Å². The molecule has 0 aliphatic rings. The van der Waals surface area contributed by atoms with Gasteiger partial charge in [0.1, 0.15) is 11.5 Å². The highest BCUT2D eigenvalue weighted by atomic mass is 35.5. The van der Waals surface area contributed by atoms with Crippen LogP contribution in [-0.4, -0.2) is 20.4 Å². The lowest BCUT2D eigenvalue weighted by molar-refractivity contribution is -0.383. The van der Waals surface area contributed by atoms with Crippen molar-refractivity contribution in [1.82, 2.24) is 9.55 Å². The Bertz CT molecular complexity index is 1010. The Morgan fingerprint density at radius 3 is 2.44 bits per heavy atom. The van der Waals surface area contributed by atoms with Crippen LogP contribution in [-0.2, 0) is 7.05 Å². The van der Waals surface area contributed by atoms with E-state index in [1.165, 1.54) is 30.3 Å². The maximum absolute atomic E-state index is 12.4. The Labute approximate surface area is 152 Å². The maximum atomic E-state index is 12.4.